The Morgan fingerprint density at radius 3 is 0.886 bits per heavy atom. The SMILES string of the molecule is CCCCCCCCCCCCCCCCOP(=O)(O)OCCCCCCCCCCCCCCCC.OCCNCCO. The van der Waals surface area contributed by atoms with Gasteiger partial charge < -0.3 is 20.4 Å². The molecule has 4 N–H and O–H groups in total. The number of nitrogens with one attached hydrogen (secondary N) is 1. The van der Waals surface area contributed by atoms with Gasteiger partial charge in [-0.2, -0.15) is 0 Å². The van der Waals surface area contributed by atoms with E-state index in [1.807, 2.05) is 0 Å². The fraction of sp³-hybridized carbons (Fsp3) is 1.00. The average Bonchev–Trinajstić information content (AvgIpc) is 3.01. The number of rotatable bonds is 36. The van der Waals surface area contributed by atoms with Crippen LogP contribution in [0.15, 0.2) is 0 Å². The van der Waals surface area contributed by atoms with Crippen molar-refractivity contribution in [1.82, 2.24) is 5.32 Å². The van der Waals surface area contributed by atoms with Gasteiger partial charge in [0.1, 0.15) is 0 Å². The molecule has 0 unspecified atom stereocenters. The summed E-state index contributed by atoms with van der Waals surface area (Å²) in [6, 6.07) is 0. The van der Waals surface area contributed by atoms with E-state index >= 15 is 0 Å². The molecule has 44 heavy (non-hydrogen) atoms. The maximum atomic E-state index is 12.0. The maximum absolute atomic E-state index is 12.0. The third-order valence-corrected chi connectivity index (χ3v) is 9.10. The van der Waals surface area contributed by atoms with Gasteiger partial charge in [-0.1, -0.05) is 181 Å². The number of hydrogen-bond donors (Lipinski definition) is 4. The number of phosphoric ester groups is 1. The number of phosphoric acid groups is 1. The number of unbranched alkanes of at least 4 members (excludes halogenated alkanes) is 26. The molecular weight excluding hydrogens is 573 g/mol. The highest BCUT2D eigenvalue weighted by molar-refractivity contribution is 7.47. The van der Waals surface area contributed by atoms with Gasteiger partial charge in [0, 0.05) is 13.1 Å². The van der Waals surface area contributed by atoms with E-state index in [4.69, 9.17) is 19.3 Å². The Morgan fingerprint density at radius 1 is 0.432 bits per heavy atom. The van der Waals surface area contributed by atoms with E-state index in [0.29, 0.717) is 26.3 Å². The summed E-state index contributed by atoms with van der Waals surface area (Å²) in [6.45, 7) is 6.61. The van der Waals surface area contributed by atoms with Crippen LogP contribution in [0.2, 0.25) is 0 Å². The largest absolute Gasteiger partial charge is 0.472 e. The standard InChI is InChI=1S/C32H67O4P.C4H11NO2/c1-3-5-7-9-11-13-15-17-19-21-23-25-27-29-31-35-37(33,34)36-32-30-28-26-24-22-20-18-16-14-12-10-8-6-4-2;6-3-1-5-2-4-7/h3-32H2,1-2H3,(H,33,34);5-7H,1-4H2. The second-order valence-corrected chi connectivity index (χ2v) is 14.0. The van der Waals surface area contributed by atoms with Crippen molar-refractivity contribution in [1.29, 1.82) is 0 Å². The molecule has 0 aromatic carbocycles. The molecular formula is C36H78NO6P. The van der Waals surface area contributed by atoms with E-state index in [2.05, 4.69) is 19.2 Å². The Hall–Kier alpha value is -0.0100. The van der Waals surface area contributed by atoms with E-state index in [9.17, 15) is 9.46 Å². The molecule has 0 aromatic heterocycles. The highest BCUT2D eigenvalue weighted by Gasteiger charge is 2.19. The molecule has 0 radical (unpaired) electrons. The molecule has 0 bridgehead atoms. The lowest BCUT2D eigenvalue weighted by molar-refractivity contribution is 0.145. The Kier molecular flexibility index (Phi) is 43.0. The van der Waals surface area contributed by atoms with E-state index in [-0.39, 0.29) is 13.2 Å². The number of hydrogen-bond acceptors (Lipinski definition) is 6. The van der Waals surface area contributed by atoms with Crippen molar-refractivity contribution in [3.05, 3.63) is 0 Å². The summed E-state index contributed by atoms with van der Waals surface area (Å²) in [5.41, 5.74) is 0. The zero-order chi connectivity index (χ0) is 32.7. The van der Waals surface area contributed by atoms with Gasteiger partial charge in [-0.15, -0.1) is 0 Å². The van der Waals surface area contributed by atoms with Gasteiger partial charge in [0.15, 0.2) is 0 Å². The normalized spacial score (nSPS) is 11.6. The number of aliphatic hydroxyl groups is 2. The summed E-state index contributed by atoms with van der Waals surface area (Å²) in [5, 5.41) is 19.1. The zero-order valence-corrected chi connectivity index (χ0v) is 30.4. The smallest absolute Gasteiger partial charge is 0.395 e. The molecule has 0 amide bonds. The highest BCUT2D eigenvalue weighted by Crippen LogP contribution is 2.43. The molecule has 0 atom stereocenters. The van der Waals surface area contributed by atoms with Crippen LogP contribution >= 0.6 is 7.82 Å². The van der Waals surface area contributed by atoms with Crippen molar-refractivity contribution in [3.63, 3.8) is 0 Å². The molecule has 0 aliphatic heterocycles. The fourth-order valence-electron chi connectivity index (χ4n) is 5.27. The van der Waals surface area contributed by atoms with E-state index in [1.54, 1.807) is 0 Å². The van der Waals surface area contributed by atoms with Gasteiger partial charge in [0.25, 0.3) is 0 Å². The molecule has 0 spiro atoms. The average molecular weight is 652 g/mol. The van der Waals surface area contributed by atoms with Gasteiger partial charge in [-0.05, 0) is 12.8 Å². The molecule has 268 valence electrons. The maximum Gasteiger partial charge on any atom is 0.472 e. The van der Waals surface area contributed by atoms with Crippen LogP contribution < -0.4 is 5.32 Å². The zero-order valence-electron chi connectivity index (χ0n) is 29.6. The van der Waals surface area contributed by atoms with Gasteiger partial charge in [-0.3, -0.25) is 9.05 Å². The second kappa shape index (κ2) is 41.0. The molecule has 7 nitrogen and oxygen atoms in total. The lowest BCUT2D eigenvalue weighted by atomic mass is 10.0. The summed E-state index contributed by atoms with van der Waals surface area (Å²) >= 11 is 0. The predicted molar refractivity (Wildman–Crippen MR) is 189 cm³/mol. The van der Waals surface area contributed by atoms with Gasteiger partial charge in [0.05, 0.1) is 26.4 Å². The molecule has 0 aliphatic rings. The third-order valence-electron chi connectivity index (χ3n) is 8.08. The van der Waals surface area contributed by atoms with Crippen LogP contribution in [0.1, 0.15) is 194 Å². The highest BCUT2D eigenvalue weighted by atomic mass is 31.2. The van der Waals surface area contributed by atoms with Crippen molar-refractivity contribution in [2.75, 3.05) is 39.5 Å². The molecule has 0 aliphatic carbocycles. The first kappa shape index (κ1) is 46.1. The Bertz CT molecular complexity index is 513. The lowest BCUT2D eigenvalue weighted by Crippen LogP contribution is -2.21. The van der Waals surface area contributed by atoms with E-state index < -0.39 is 7.82 Å². The van der Waals surface area contributed by atoms with Crippen LogP contribution in [0.5, 0.6) is 0 Å². The lowest BCUT2D eigenvalue weighted by Gasteiger charge is -2.12. The molecule has 0 heterocycles. The minimum atomic E-state index is -3.87. The third kappa shape index (κ3) is 44.1. The minimum absolute atomic E-state index is 0.139. The monoisotopic (exact) mass is 652 g/mol. The molecule has 8 heteroatoms. The first-order valence-electron chi connectivity index (χ1n) is 19.1. The van der Waals surface area contributed by atoms with Crippen LogP contribution in [0.25, 0.3) is 0 Å². The summed E-state index contributed by atoms with van der Waals surface area (Å²) in [5.74, 6) is 0. The second-order valence-electron chi connectivity index (χ2n) is 12.5. The van der Waals surface area contributed by atoms with Crippen molar-refractivity contribution < 1.29 is 28.7 Å². The van der Waals surface area contributed by atoms with Crippen LogP contribution in [-0.4, -0.2) is 54.6 Å². The summed E-state index contributed by atoms with van der Waals surface area (Å²) in [4.78, 5) is 9.83. The van der Waals surface area contributed by atoms with Crippen molar-refractivity contribution in [2.45, 2.75) is 194 Å². The molecule has 0 aromatic rings. The first-order valence-corrected chi connectivity index (χ1v) is 20.6. The van der Waals surface area contributed by atoms with Gasteiger partial charge in [0.2, 0.25) is 0 Å². The van der Waals surface area contributed by atoms with Crippen molar-refractivity contribution >= 4 is 7.82 Å². The van der Waals surface area contributed by atoms with E-state index in [1.165, 1.54) is 154 Å². The topological polar surface area (TPSA) is 108 Å². The minimum Gasteiger partial charge on any atom is -0.395 e. The number of aliphatic hydroxyl groups excluding tert-OH is 2. The van der Waals surface area contributed by atoms with Crippen LogP contribution in [0.3, 0.4) is 0 Å². The first-order chi connectivity index (χ1) is 21.5. The molecule has 0 saturated heterocycles. The van der Waals surface area contributed by atoms with Gasteiger partial charge in [-0.25, -0.2) is 4.57 Å². The quantitative estimate of drug-likeness (QED) is 0.0394. The van der Waals surface area contributed by atoms with Crippen molar-refractivity contribution in [2.24, 2.45) is 0 Å². The summed E-state index contributed by atoms with van der Waals surface area (Å²) in [6.07, 6.45) is 36.4. The van der Waals surface area contributed by atoms with Crippen molar-refractivity contribution in [3.8, 4) is 0 Å². The summed E-state index contributed by atoms with van der Waals surface area (Å²) < 4.78 is 22.3. The van der Waals surface area contributed by atoms with Crippen LogP contribution in [0.4, 0.5) is 0 Å². The van der Waals surface area contributed by atoms with Gasteiger partial charge >= 0.3 is 7.82 Å². The Balaban J connectivity index is 0. The van der Waals surface area contributed by atoms with E-state index in [0.717, 1.165) is 25.7 Å². The van der Waals surface area contributed by atoms with Crippen LogP contribution in [0, 0.1) is 0 Å². The molecule has 0 saturated carbocycles. The van der Waals surface area contributed by atoms with Crippen LogP contribution in [-0.2, 0) is 13.6 Å². The molecule has 0 rings (SSSR count). The predicted octanol–water partition coefficient (Wildman–Crippen LogP) is 10.6. The fourth-order valence-corrected chi connectivity index (χ4v) is 6.07. The molecule has 0 fully saturated rings. The Labute approximate surface area is 274 Å². The Morgan fingerprint density at radius 2 is 0.659 bits per heavy atom. The summed E-state index contributed by atoms with van der Waals surface area (Å²) in [7, 11) is -3.87.